The van der Waals surface area contributed by atoms with Gasteiger partial charge in [-0.3, -0.25) is 4.99 Å². The minimum Gasteiger partial charge on any atom is -0.491 e. The molecule has 0 spiro atoms. The van der Waals surface area contributed by atoms with E-state index in [0.717, 1.165) is 28.4 Å². The number of halogens is 1. The van der Waals surface area contributed by atoms with E-state index in [1.807, 2.05) is 19.1 Å². The van der Waals surface area contributed by atoms with Crippen molar-refractivity contribution >= 4 is 17.6 Å². The molecule has 2 aromatic carbocycles. The number of hydrogen-bond donors (Lipinski definition) is 0. The zero-order valence-corrected chi connectivity index (χ0v) is 19.8. The van der Waals surface area contributed by atoms with Gasteiger partial charge in [0, 0.05) is 29.1 Å². The number of fused-ring (bicyclic) bond motifs is 2. The van der Waals surface area contributed by atoms with Crippen LogP contribution in [0.15, 0.2) is 72.8 Å². The molecular weight excluding hydrogens is 411 g/mol. The van der Waals surface area contributed by atoms with Crippen LogP contribution in [0.2, 0.25) is 0 Å². The molecule has 172 valence electrons. The molecule has 0 aromatic heterocycles. The molecule has 2 aliphatic heterocycles. The number of allylic oxidation sites excluding steroid dienone is 2. The predicted molar refractivity (Wildman–Crippen MR) is 136 cm³/mol. The first-order valence-electron chi connectivity index (χ1n) is 11.7. The summed E-state index contributed by atoms with van der Waals surface area (Å²) in [5.41, 5.74) is 4.97. The van der Waals surface area contributed by atoms with Crippen molar-refractivity contribution in [1.82, 2.24) is 4.90 Å². The van der Waals surface area contributed by atoms with Gasteiger partial charge < -0.3 is 9.64 Å². The highest BCUT2D eigenvalue weighted by molar-refractivity contribution is 5.83. The van der Waals surface area contributed by atoms with Gasteiger partial charge >= 0.3 is 0 Å². The summed E-state index contributed by atoms with van der Waals surface area (Å²) >= 11 is 0. The summed E-state index contributed by atoms with van der Waals surface area (Å²) in [6, 6.07) is 13.3. The fraction of sp³-hybridized carbons (Fsp3) is 0.345. The van der Waals surface area contributed by atoms with Gasteiger partial charge in [-0.15, -0.1) is 0 Å². The van der Waals surface area contributed by atoms with Crippen LogP contribution >= 0.6 is 0 Å². The van der Waals surface area contributed by atoms with E-state index < -0.39 is 0 Å². The summed E-state index contributed by atoms with van der Waals surface area (Å²) < 4.78 is 19.4. The highest BCUT2D eigenvalue weighted by Gasteiger charge is 2.49. The number of nitrogens with zero attached hydrogens (tertiary/aromatic N) is 2. The van der Waals surface area contributed by atoms with E-state index >= 15 is 0 Å². The molecule has 1 saturated carbocycles. The van der Waals surface area contributed by atoms with Gasteiger partial charge in [0.2, 0.25) is 0 Å². The van der Waals surface area contributed by atoms with Crippen molar-refractivity contribution in [2.45, 2.75) is 45.7 Å². The first-order valence-corrected chi connectivity index (χ1v) is 11.7. The Balaban J connectivity index is 1.61. The maximum Gasteiger partial charge on any atom is 0.123 e. The van der Waals surface area contributed by atoms with Crippen molar-refractivity contribution < 1.29 is 9.13 Å². The molecule has 2 bridgehead atoms. The van der Waals surface area contributed by atoms with Crippen LogP contribution in [0.25, 0.3) is 11.4 Å². The maximum absolute atomic E-state index is 13.3. The smallest absolute Gasteiger partial charge is 0.123 e. The molecule has 5 rings (SSSR count). The molecule has 0 N–H and O–H groups in total. The third-order valence-electron chi connectivity index (χ3n) is 7.10. The van der Waals surface area contributed by atoms with Gasteiger partial charge in [0.15, 0.2) is 0 Å². The molecule has 33 heavy (non-hydrogen) atoms. The van der Waals surface area contributed by atoms with Crippen molar-refractivity contribution in [2.75, 3.05) is 6.61 Å². The second-order valence-corrected chi connectivity index (χ2v) is 9.23. The highest BCUT2D eigenvalue weighted by atomic mass is 19.1. The van der Waals surface area contributed by atoms with Gasteiger partial charge in [0.05, 0.1) is 11.7 Å². The second kappa shape index (κ2) is 9.78. The third-order valence-corrected chi connectivity index (χ3v) is 7.10. The first kappa shape index (κ1) is 23.0. The lowest BCUT2D eigenvalue weighted by molar-refractivity contribution is -0.0520. The van der Waals surface area contributed by atoms with Gasteiger partial charge in [0.25, 0.3) is 0 Å². The van der Waals surface area contributed by atoms with Gasteiger partial charge in [0.1, 0.15) is 18.2 Å². The molecule has 2 atom stereocenters. The average Bonchev–Trinajstić information content (AvgIpc) is 2.77. The van der Waals surface area contributed by atoms with E-state index in [4.69, 9.17) is 4.74 Å². The van der Waals surface area contributed by atoms with Crippen molar-refractivity contribution in [1.29, 1.82) is 0 Å². The molecule has 3 fully saturated rings. The standard InChI is InChI=1S/C29H33FN2O/c1-6-7-14-31-21(4)27-13-8-19(2)15-28(27)22(5)32-25-16-23(17-25)20(3)29(32)18-33-26-11-9-24(30)10-12-26/h6-15,20,23,25,29H,4-5,16-18H2,1-3H3/b7-6-,31-14?/t20?,23?,25?,29-/m0/s1. The number of piperidine rings is 2. The lowest BCUT2D eigenvalue weighted by atomic mass is 9.64. The number of aliphatic imine (C=N–C) groups is 1. The molecule has 0 radical (unpaired) electrons. The monoisotopic (exact) mass is 444 g/mol. The Morgan fingerprint density at radius 3 is 2.58 bits per heavy atom. The molecule has 3 nitrogen and oxygen atoms in total. The van der Waals surface area contributed by atoms with Crippen LogP contribution < -0.4 is 4.74 Å². The average molecular weight is 445 g/mol. The van der Waals surface area contributed by atoms with Crippen molar-refractivity contribution in [3.8, 4) is 5.75 Å². The van der Waals surface area contributed by atoms with Crippen LogP contribution in [-0.2, 0) is 0 Å². The van der Waals surface area contributed by atoms with Crippen LogP contribution in [0.3, 0.4) is 0 Å². The highest BCUT2D eigenvalue weighted by Crippen LogP contribution is 2.49. The lowest BCUT2D eigenvalue weighted by Gasteiger charge is -2.58. The van der Waals surface area contributed by atoms with Gasteiger partial charge in [-0.25, -0.2) is 4.39 Å². The second-order valence-electron chi connectivity index (χ2n) is 9.23. The van der Waals surface area contributed by atoms with Gasteiger partial charge in [-0.05, 0) is 74.9 Å². The Bertz CT molecular complexity index is 1080. The molecule has 1 aliphatic carbocycles. The molecule has 1 unspecified atom stereocenters. The van der Waals surface area contributed by atoms with Crippen molar-refractivity contribution in [2.24, 2.45) is 16.8 Å². The maximum atomic E-state index is 13.3. The zero-order chi connectivity index (χ0) is 23.5. The summed E-state index contributed by atoms with van der Waals surface area (Å²) in [4.78, 5) is 6.99. The predicted octanol–water partition coefficient (Wildman–Crippen LogP) is 6.90. The summed E-state index contributed by atoms with van der Waals surface area (Å²) in [5, 5.41) is 0. The van der Waals surface area contributed by atoms with Crippen molar-refractivity contribution in [3.63, 3.8) is 0 Å². The summed E-state index contributed by atoms with van der Waals surface area (Å²) in [7, 11) is 0. The first-order chi connectivity index (χ1) is 15.9. The largest absolute Gasteiger partial charge is 0.491 e. The SMILES string of the molecule is C=C(N=C/C=C\C)c1ccc(C)cc1C(=C)N1C2CC(C2)C(C)[C@@H]1COc1ccc(F)cc1. The number of hydrogen-bond acceptors (Lipinski definition) is 3. The zero-order valence-electron chi connectivity index (χ0n) is 19.8. The minimum absolute atomic E-state index is 0.202. The Kier molecular flexibility index (Phi) is 6.83. The van der Waals surface area contributed by atoms with Crippen molar-refractivity contribution in [3.05, 3.63) is 90.3 Å². The van der Waals surface area contributed by atoms with Crippen LogP contribution in [0.1, 0.15) is 43.4 Å². The number of benzene rings is 2. The van der Waals surface area contributed by atoms with E-state index in [1.165, 1.54) is 30.5 Å². The Morgan fingerprint density at radius 2 is 1.88 bits per heavy atom. The topological polar surface area (TPSA) is 24.8 Å². The molecule has 2 heterocycles. The van der Waals surface area contributed by atoms with Crippen LogP contribution in [-0.4, -0.2) is 29.8 Å². The summed E-state index contributed by atoms with van der Waals surface area (Å²) in [5.74, 6) is 1.64. The molecule has 2 saturated heterocycles. The molecule has 2 aromatic rings. The summed E-state index contributed by atoms with van der Waals surface area (Å²) in [6.45, 7) is 15.7. The van der Waals surface area contributed by atoms with Gasteiger partial charge in [-0.1, -0.05) is 43.9 Å². The molecule has 3 aliphatic rings. The van der Waals surface area contributed by atoms with Crippen LogP contribution in [0.5, 0.6) is 5.75 Å². The lowest BCUT2D eigenvalue weighted by Crippen LogP contribution is -2.61. The quantitative estimate of drug-likeness (QED) is 0.414. The number of ether oxygens (including phenoxy) is 1. The Morgan fingerprint density at radius 1 is 1.15 bits per heavy atom. The normalized spacial score (nSPS) is 24.2. The van der Waals surface area contributed by atoms with Crippen LogP contribution in [0.4, 0.5) is 4.39 Å². The Labute approximate surface area is 197 Å². The summed E-state index contributed by atoms with van der Waals surface area (Å²) in [6.07, 6.45) is 7.99. The molecule has 4 heteroatoms. The number of rotatable bonds is 8. The number of aryl methyl sites for hydroxylation is 1. The molecular formula is C29H33FN2O. The van der Waals surface area contributed by atoms with E-state index in [9.17, 15) is 4.39 Å². The van der Waals surface area contributed by atoms with Crippen LogP contribution in [0, 0.1) is 24.6 Å². The third kappa shape index (κ3) is 4.80. The van der Waals surface area contributed by atoms with E-state index in [2.05, 4.69) is 55.1 Å². The minimum atomic E-state index is -0.256. The van der Waals surface area contributed by atoms with Gasteiger partial charge in [-0.2, -0.15) is 0 Å². The molecule has 0 amide bonds. The fourth-order valence-electron chi connectivity index (χ4n) is 5.07. The van der Waals surface area contributed by atoms with E-state index in [0.29, 0.717) is 24.3 Å². The Hall–Kier alpha value is -3.14. The fourth-order valence-corrected chi connectivity index (χ4v) is 5.07. The van der Waals surface area contributed by atoms with E-state index in [1.54, 1.807) is 18.3 Å². The van der Waals surface area contributed by atoms with E-state index in [-0.39, 0.29) is 11.9 Å².